The lowest BCUT2D eigenvalue weighted by atomic mass is 9.85. The van der Waals surface area contributed by atoms with Gasteiger partial charge in [0, 0.05) is 13.0 Å². The second-order valence-corrected chi connectivity index (χ2v) is 16.9. The minimum Gasteiger partial charge on any atom is -0.457 e. The van der Waals surface area contributed by atoms with Crippen LogP contribution in [0.25, 0.3) is 0 Å². The predicted octanol–water partition coefficient (Wildman–Crippen LogP) is 8.53. The Morgan fingerprint density at radius 3 is 1.46 bits per heavy atom. The number of hydrogen-bond acceptors (Lipinski definition) is 11. The molecule has 0 bridgehead atoms. The molecule has 0 aromatic heterocycles. The van der Waals surface area contributed by atoms with Crippen LogP contribution in [0.5, 0.6) is 0 Å². The zero-order chi connectivity index (χ0) is 41.3. The monoisotopic (exact) mass is 821 g/mol. The molecule has 6 unspecified atom stereocenters. The molecule has 6 atom stereocenters. The van der Waals surface area contributed by atoms with E-state index in [0.717, 1.165) is 57.8 Å². The standard InChI is InChI=1S/C43H81O12P/c1-3-5-7-9-11-13-15-16-17-18-19-20-21-23-25-27-29-31-33-52-34-36(54-37(44)32-30-28-26-24-22-14-12-10-8-6-4-2)35-53-56(50,51)55-43-41(48)39(46)38(45)40(47)42(43)49/h10,12,16-17,36,38-43,45-49H,3-9,11,13-15,18-35H2,1-2H3,(H,50,51)/b12-10-,17-16-. The topological polar surface area (TPSA) is 192 Å². The van der Waals surface area contributed by atoms with E-state index in [1.807, 2.05) is 0 Å². The number of phosphoric ester groups is 1. The van der Waals surface area contributed by atoms with Crippen molar-refractivity contribution < 1.29 is 58.3 Å². The number of carbonyl (C=O) groups is 1. The fourth-order valence-electron chi connectivity index (χ4n) is 6.68. The second kappa shape index (κ2) is 34.7. The molecule has 0 radical (unpaired) electrons. The van der Waals surface area contributed by atoms with Gasteiger partial charge in [0.05, 0.1) is 13.2 Å². The number of rotatable bonds is 37. The van der Waals surface area contributed by atoms with Gasteiger partial charge in [0.25, 0.3) is 0 Å². The van der Waals surface area contributed by atoms with Crippen LogP contribution in [0.4, 0.5) is 0 Å². The highest BCUT2D eigenvalue weighted by atomic mass is 31.2. The number of aliphatic hydroxyl groups is 5. The third-order valence-corrected chi connectivity index (χ3v) is 11.3. The fraction of sp³-hybridized carbons (Fsp3) is 0.884. The van der Waals surface area contributed by atoms with Crippen LogP contribution in [0.3, 0.4) is 0 Å². The van der Waals surface area contributed by atoms with Crippen molar-refractivity contribution in [2.45, 2.75) is 224 Å². The van der Waals surface area contributed by atoms with Gasteiger partial charge in [-0.1, -0.05) is 141 Å². The summed E-state index contributed by atoms with van der Waals surface area (Å²) in [5.41, 5.74) is 0. The molecular weight excluding hydrogens is 739 g/mol. The zero-order valence-electron chi connectivity index (χ0n) is 34.9. The van der Waals surface area contributed by atoms with Gasteiger partial charge in [0.1, 0.15) is 42.7 Å². The van der Waals surface area contributed by atoms with Crippen LogP contribution >= 0.6 is 7.82 Å². The molecule has 0 aliphatic heterocycles. The number of phosphoric acid groups is 1. The van der Waals surface area contributed by atoms with E-state index in [9.17, 15) is 39.8 Å². The average molecular weight is 821 g/mol. The third-order valence-electron chi connectivity index (χ3n) is 10.3. The van der Waals surface area contributed by atoms with E-state index in [-0.39, 0.29) is 13.0 Å². The van der Waals surface area contributed by atoms with Gasteiger partial charge in [-0.25, -0.2) is 4.57 Å². The molecule has 0 amide bonds. The van der Waals surface area contributed by atoms with Crippen molar-refractivity contribution in [1.82, 2.24) is 0 Å². The highest BCUT2D eigenvalue weighted by Gasteiger charge is 2.51. The lowest BCUT2D eigenvalue weighted by molar-refractivity contribution is -0.220. The molecule has 1 aliphatic carbocycles. The maximum absolute atomic E-state index is 12.8. The van der Waals surface area contributed by atoms with Crippen molar-refractivity contribution >= 4 is 13.8 Å². The van der Waals surface area contributed by atoms with Crippen molar-refractivity contribution in [2.24, 2.45) is 0 Å². The van der Waals surface area contributed by atoms with Crippen molar-refractivity contribution in [3.8, 4) is 0 Å². The fourth-order valence-corrected chi connectivity index (χ4v) is 7.66. The Morgan fingerprint density at radius 2 is 0.964 bits per heavy atom. The summed E-state index contributed by atoms with van der Waals surface area (Å²) in [5, 5.41) is 50.1. The molecule has 12 nitrogen and oxygen atoms in total. The molecule has 0 heterocycles. The van der Waals surface area contributed by atoms with E-state index >= 15 is 0 Å². The molecule has 1 fully saturated rings. The van der Waals surface area contributed by atoms with E-state index in [1.54, 1.807) is 0 Å². The molecule has 1 saturated carbocycles. The van der Waals surface area contributed by atoms with Crippen LogP contribution in [-0.2, 0) is 27.9 Å². The molecule has 1 aliphatic rings. The SMILES string of the molecule is CCCC/C=C\CCCCCCCC(=O)OC(COCCCCCCCCCC/C=C\CCCCCCCC)COP(=O)(O)OC1C(O)C(O)C(O)C(O)C1O. The molecule has 0 saturated heterocycles. The molecule has 0 aromatic rings. The van der Waals surface area contributed by atoms with Gasteiger partial charge in [-0.2, -0.15) is 0 Å². The maximum atomic E-state index is 12.8. The largest absolute Gasteiger partial charge is 0.472 e. The number of unbranched alkanes of at least 4 members (excludes halogenated alkanes) is 21. The van der Waals surface area contributed by atoms with Crippen molar-refractivity contribution in [3.05, 3.63) is 24.3 Å². The molecule has 13 heteroatoms. The molecule has 330 valence electrons. The first-order valence-electron chi connectivity index (χ1n) is 22.2. The summed E-state index contributed by atoms with van der Waals surface area (Å²) in [5.74, 6) is -0.489. The molecule has 6 N–H and O–H groups in total. The van der Waals surface area contributed by atoms with Gasteiger partial charge in [-0.3, -0.25) is 13.8 Å². The summed E-state index contributed by atoms with van der Waals surface area (Å²) < 4.78 is 34.1. The van der Waals surface area contributed by atoms with Gasteiger partial charge in [0.15, 0.2) is 0 Å². The van der Waals surface area contributed by atoms with Gasteiger partial charge < -0.3 is 39.9 Å². The Morgan fingerprint density at radius 1 is 0.554 bits per heavy atom. The first-order valence-corrected chi connectivity index (χ1v) is 23.7. The number of esters is 1. The van der Waals surface area contributed by atoms with E-state index < -0.39 is 63.1 Å². The second-order valence-electron chi connectivity index (χ2n) is 15.5. The molecule has 0 aromatic carbocycles. The van der Waals surface area contributed by atoms with Gasteiger partial charge >= 0.3 is 13.8 Å². The number of ether oxygens (including phenoxy) is 2. The van der Waals surface area contributed by atoms with Crippen molar-refractivity contribution in [2.75, 3.05) is 19.8 Å². The van der Waals surface area contributed by atoms with Crippen molar-refractivity contribution in [1.29, 1.82) is 0 Å². The summed E-state index contributed by atoms with van der Waals surface area (Å²) in [6, 6.07) is 0. The summed E-state index contributed by atoms with van der Waals surface area (Å²) in [6.07, 6.45) is 25.4. The highest BCUT2D eigenvalue weighted by Crippen LogP contribution is 2.47. The molecule has 1 rings (SSSR count). The molecular formula is C43H81O12P. The Bertz CT molecular complexity index is 1030. The number of allylic oxidation sites excluding steroid dienone is 4. The molecule has 56 heavy (non-hydrogen) atoms. The number of hydrogen-bond donors (Lipinski definition) is 6. The van der Waals surface area contributed by atoms with Crippen molar-refractivity contribution in [3.63, 3.8) is 0 Å². The Labute approximate surface area is 339 Å². The number of carbonyl (C=O) groups excluding carboxylic acids is 1. The van der Waals surface area contributed by atoms with Gasteiger partial charge in [-0.15, -0.1) is 0 Å². The first kappa shape index (κ1) is 52.8. The van der Waals surface area contributed by atoms with Gasteiger partial charge in [-0.05, 0) is 57.8 Å². The third kappa shape index (κ3) is 26.7. The predicted molar refractivity (Wildman–Crippen MR) is 221 cm³/mol. The minimum atomic E-state index is -5.01. The van der Waals surface area contributed by atoms with Crippen LogP contribution in [0.15, 0.2) is 24.3 Å². The van der Waals surface area contributed by atoms with Crippen LogP contribution in [0, 0.1) is 0 Å². The zero-order valence-corrected chi connectivity index (χ0v) is 35.8. The van der Waals surface area contributed by atoms with E-state index in [0.29, 0.717) is 13.0 Å². The smallest absolute Gasteiger partial charge is 0.457 e. The quantitative estimate of drug-likeness (QED) is 0.0152. The molecule has 0 spiro atoms. The van der Waals surface area contributed by atoms with Crippen LogP contribution < -0.4 is 0 Å². The highest BCUT2D eigenvalue weighted by molar-refractivity contribution is 7.47. The lowest BCUT2D eigenvalue weighted by Gasteiger charge is -2.41. The van der Waals surface area contributed by atoms with E-state index in [1.165, 1.54) is 96.3 Å². The summed E-state index contributed by atoms with van der Waals surface area (Å²) in [6.45, 7) is 4.19. The average Bonchev–Trinajstić information content (AvgIpc) is 3.18. The van der Waals surface area contributed by atoms with Crippen LogP contribution in [0.2, 0.25) is 0 Å². The maximum Gasteiger partial charge on any atom is 0.472 e. The summed E-state index contributed by atoms with van der Waals surface area (Å²) >= 11 is 0. The van der Waals surface area contributed by atoms with Gasteiger partial charge in [0.2, 0.25) is 0 Å². The Kier molecular flexibility index (Phi) is 32.7. The van der Waals surface area contributed by atoms with E-state index in [4.69, 9.17) is 18.5 Å². The van der Waals surface area contributed by atoms with E-state index in [2.05, 4.69) is 38.2 Å². The summed E-state index contributed by atoms with van der Waals surface area (Å²) in [7, 11) is -5.01. The van der Waals surface area contributed by atoms with Crippen LogP contribution in [0.1, 0.15) is 181 Å². The van der Waals surface area contributed by atoms with Crippen LogP contribution in [-0.4, -0.2) is 98.9 Å². The number of aliphatic hydroxyl groups excluding tert-OH is 5. The lowest BCUT2D eigenvalue weighted by Crippen LogP contribution is -2.64. The minimum absolute atomic E-state index is 0.0801. The first-order chi connectivity index (χ1) is 27.0. The Hall–Kier alpha value is -1.18. The normalized spacial score (nSPS) is 23.2. The Balaban J connectivity index is 2.39. The summed E-state index contributed by atoms with van der Waals surface area (Å²) in [4.78, 5) is 23.1.